The van der Waals surface area contributed by atoms with Gasteiger partial charge in [-0.3, -0.25) is 19.1 Å². The Balaban J connectivity index is 1.64. The molecule has 9 nitrogen and oxygen atoms in total. The van der Waals surface area contributed by atoms with Crippen LogP contribution in [0.1, 0.15) is 5.69 Å². The second-order valence-corrected chi connectivity index (χ2v) is 6.55. The molecule has 146 valence electrons. The van der Waals surface area contributed by atoms with E-state index in [0.717, 1.165) is 4.68 Å². The van der Waals surface area contributed by atoms with Gasteiger partial charge >= 0.3 is 0 Å². The number of carbonyl (C=O) groups is 1. The van der Waals surface area contributed by atoms with Crippen LogP contribution in [0.15, 0.2) is 64.2 Å². The maximum absolute atomic E-state index is 12.9. The number of amides is 1. The molecule has 0 aliphatic heterocycles. The number of hydrogen-bond donors (Lipinski definition) is 1. The summed E-state index contributed by atoms with van der Waals surface area (Å²) in [4.78, 5) is 37.9. The molecule has 2 aromatic carbocycles. The number of anilines is 1. The number of nitrogens with zero attached hydrogens (tertiary/aromatic N) is 5. The van der Waals surface area contributed by atoms with E-state index in [1.807, 2.05) is 18.2 Å². The number of aromatic nitrogens is 5. The number of benzene rings is 2. The fourth-order valence-electron chi connectivity index (χ4n) is 3.15. The van der Waals surface area contributed by atoms with E-state index < -0.39 is 11.5 Å². The minimum absolute atomic E-state index is 0.156. The van der Waals surface area contributed by atoms with Gasteiger partial charge in [0, 0.05) is 7.05 Å². The molecule has 0 bridgehead atoms. The third-order valence-electron chi connectivity index (χ3n) is 4.74. The molecule has 4 rings (SSSR count). The minimum Gasteiger partial charge on any atom is -0.318 e. The van der Waals surface area contributed by atoms with Crippen molar-refractivity contribution in [2.75, 3.05) is 5.32 Å². The van der Waals surface area contributed by atoms with Crippen molar-refractivity contribution < 1.29 is 4.79 Å². The topological polar surface area (TPSA) is 104 Å². The van der Waals surface area contributed by atoms with E-state index in [0.29, 0.717) is 22.3 Å². The van der Waals surface area contributed by atoms with E-state index in [4.69, 9.17) is 0 Å². The summed E-state index contributed by atoms with van der Waals surface area (Å²) in [6.07, 6.45) is 0. The molecule has 0 saturated carbocycles. The van der Waals surface area contributed by atoms with Crippen molar-refractivity contribution in [3.8, 4) is 5.69 Å². The second-order valence-electron chi connectivity index (χ2n) is 6.55. The first-order chi connectivity index (χ1) is 14.0. The summed E-state index contributed by atoms with van der Waals surface area (Å²) in [5, 5.41) is 10.8. The van der Waals surface area contributed by atoms with E-state index in [2.05, 4.69) is 15.6 Å². The molecular weight excluding hydrogens is 372 g/mol. The van der Waals surface area contributed by atoms with Gasteiger partial charge in [-0.25, -0.2) is 9.36 Å². The monoisotopic (exact) mass is 390 g/mol. The average Bonchev–Trinajstić information content (AvgIpc) is 2.94. The number of hydrogen-bond acceptors (Lipinski definition) is 5. The predicted octanol–water partition coefficient (Wildman–Crippen LogP) is 1.23. The van der Waals surface area contributed by atoms with Gasteiger partial charge in [0.05, 0.1) is 16.8 Å². The molecule has 0 saturated heterocycles. The molecule has 0 atom stereocenters. The van der Waals surface area contributed by atoms with E-state index in [1.165, 1.54) is 4.68 Å². The van der Waals surface area contributed by atoms with Gasteiger partial charge in [-0.1, -0.05) is 35.5 Å². The van der Waals surface area contributed by atoms with Gasteiger partial charge in [-0.15, -0.1) is 5.10 Å². The van der Waals surface area contributed by atoms with Crippen molar-refractivity contribution in [3.05, 3.63) is 81.0 Å². The van der Waals surface area contributed by atoms with Crippen LogP contribution in [0, 0.1) is 6.92 Å². The Hall–Kier alpha value is -4.01. The molecule has 1 amide bonds. The molecule has 2 aromatic heterocycles. The van der Waals surface area contributed by atoms with Crippen molar-refractivity contribution in [3.63, 3.8) is 0 Å². The van der Waals surface area contributed by atoms with Gasteiger partial charge in [0.25, 0.3) is 11.1 Å². The van der Waals surface area contributed by atoms with Crippen molar-refractivity contribution >= 4 is 22.5 Å². The number of rotatable bonds is 4. The summed E-state index contributed by atoms with van der Waals surface area (Å²) in [7, 11) is 1.73. The molecule has 29 heavy (non-hydrogen) atoms. The largest absolute Gasteiger partial charge is 0.318 e. The van der Waals surface area contributed by atoms with Gasteiger partial charge in [0.1, 0.15) is 17.7 Å². The number of nitrogens with one attached hydrogen (secondary N) is 1. The molecule has 0 radical (unpaired) electrons. The maximum atomic E-state index is 12.9. The van der Waals surface area contributed by atoms with Crippen molar-refractivity contribution in [2.24, 2.45) is 7.05 Å². The van der Waals surface area contributed by atoms with Crippen molar-refractivity contribution in [1.29, 1.82) is 0 Å². The van der Waals surface area contributed by atoms with Gasteiger partial charge in [-0.05, 0) is 31.2 Å². The van der Waals surface area contributed by atoms with Crippen LogP contribution in [0.5, 0.6) is 0 Å². The highest BCUT2D eigenvalue weighted by atomic mass is 16.2. The summed E-state index contributed by atoms with van der Waals surface area (Å²) >= 11 is 0. The zero-order valence-electron chi connectivity index (χ0n) is 15.9. The Labute approximate surface area is 164 Å². The highest BCUT2D eigenvalue weighted by Gasteiger charge is 2.19. The Bertz CT molecular complexity index is 1330. The Morgan fingerprint density at radius 1 is 1.00 bits per heavy atom. The smallest absolute Gasteiger partial charge is 0.295 e. The maximum Gasteiger partial charge on any atom is 0.295 e. The van der Waals surface area contributed by atoms with Crippen LogP contribution in [0.3, 0.4) is 0 Å². The van der Waals surface area contributed by atoms with E-state index >= 15 is 0 Å². The van der Waals surface area contributed by atoms with E-state index in [1.54, 1.807) is 55.1 Å². The minimum atomic E-state index is -0.539. The number of para-hydroxylation sites is 1. The van der Waals surface area contributed by atoms with Crippen LogP contribution in [0.4, 0.5) is 5.69 Å². The molecule has 1 N–H and O–H groups in total. The van der Waals surface area contributed by atoms with Gasteiger partial charge in [-0.2, -0.15) is 0 Å². The summed E-state index contributed by atoms with van der Waals surface area (Å²) in [6.45, 7) is 1.38. The molecule has 0 fully saturated rings. The first-order valence-electron chi connectivity index (χ1n) is 8.94. The van der Waals surface area contributed by atoms with Crippen LogP contribution in [-0.2, 0) is 18.4 Å². The van der Waals surface area contributed by atoms with Crippen LogP contribution >= 0.6 is 0 Å². The lowest BCUT2D eigenvalue weighted by Crippen LogP contribution is -2.31. The first kappa shape index (κ1) is 18.4. The molecular formula is C20H18N6O3. The van der Waals surface area contributed by atoms with Crippen LogP contribution in [-0.4, -0.2) is 30.3 Å². The lowest BCUT2D eigenvalue weighted by atomic mass is 10.2. The fourth-order valence-corrected chi connectivity index (χ4v) is 3.15. The molecule has 0 spiro atoms. The fraction of sp³-hybridized carbons (Fsp3) is 0.150. The van der Waals surface area contributed by atoms with Gasteiger partial charge in [0.2, 0.25) is 5.91 Å². The van der Waals surface area contributed by atoms with Crippen molar-refractivity contribution in [2.45, 2.75) is 13.5 Å². The van der Waals surface area contributed by atoms with Crippen molar-refractivity contribution in [1.82, 2.24) is 24.4 Å². The summed E-state index contributed by atoms with van der Waals surface area (Å²) in [5.74, 6) is -0.539. The van der Waals surface area contributed by atoms with E-state index in [9.17, 15) is 14.4 Å². The van der Waals surface area contributed by atoms with Gasteiger partial charge < -0.3 is 5.32 Å². The molecule has 4 aromatic rings. The normalized spacial score (nSPS) is 11.0. The SMILES string of the molecule is Cc1c(NC(=O)Cn2nnc3ccccc3c2=O)c(=O)n(-c2ccccc2)n1C. The Morgan fingerprint density at radius 3 is 2.45 bits per heavy atom. The van der Waals surface area contributed by atoms with Crippen LogP contribution in [0.25, 0.3) is 16.6 Å². The standard InChI is InChI=1S/C20H18N6O3/c1-13-18(20(29)26(24(13)2)14-8-4-3-5-9-14)21-17(27)12-25-19(28)15-10-6-7-11-16(15)22-23-25/h3-11H,12H2,1-2H3,(H,21,27). The summed E-state index contributed by atoms with van der Waals surface area (Å²) < 4.78 is 4.11. The van der Waals surface area contributed by atoms with E-state index in [-0.39, 0.29) is 17.8 Å². The molecule has 0 aliphatic carbocycles. The lowest BCUT2D eigenvalue weighted by molar-refractivity contribution is -0.117. The van der Waals surface area contributed by atoms with Crippen LogP contribution in [0.2, 0.25) is 0 Å². The lowest BCUT2D eigenvalue weighted by Gasteiger charge is -2.07. The molecule has 0 aliphatic rings. The second kappa shape index (κ2) is 7.19. The highest BCUT2D eigenvalue weighted by molar-refractivity contribution is 5.91. The number of carbonyl (C=O) groups excluding carboxylic acids is 1. The Kier molecular flexibility index (Phi) is 4.55. The molecule has 9 heteroatoms. The third-order valence-corrected chi connectivity index (χ3v) is 4.74. The highest BCUT2D eigenvalue weighted by Crippen LogP contribution is 2.14. The zero-order valence-corrected chi connectivity index (χ0v) is 15.9. The van der Waals surface area contributed by atoms with Gasteiger partial charge in [0.15, 0.2) is 0 Å². The summed E-state index contributed by atoms with van der Waals surface area (Å²) in [6, 6.07) is 15.9. The predicted molar refractivity (Wildman–Crippen MR) is 108 cm³/mol. The Morgan fingerprint density at radius 2 is 1.69 bits per heavy atom. The summed E-state index contributed by atoms with van der Waals surface area (Å²) in [5.41, 5.74) is 1.10. The first-order valence-corrected chi connectivity index (χ1v) is 8.94. The third kappa shape index (κ3) is 3.22. The molecule has 0 unspecified atom stereocenters. The quantitative estimate of drug-likeness (QED) is 0.564. The molecule has 2 heterocycles. The average molecular weight is 390 g/mol. The number of fused-ring (bicyclic) bond motifs is 1. The van der Waals surface area contributed by atoms with Crippen LogP contribution < -0.4 is 16.4 Å². The zero-order chi connectivity index (χ0) is 20.5.